The van der Waals surface area contributed by atoms with E-state index in [-0.39, 0.29) is 5.82 Å². The van der Waals surface area contributed by atoms with Gasteiger partial charge in [-0.3, -0.25) is 5.01 Å². The van der Waals surface area contributed by atoms with Gasteiger partial charge in [-0.1, -0.05) is 6.08 Å². The van der Waals surface area contributed by atoms with Gasteiger partial charge in [0.15, 0.2) is 17.5 Å². The van der Waals surface area contributed by atoms with Crippen LogP contribution in [-0.4, -0.2) is 43.6 Å². The van der Waals surface area contributed by atoms with Crippen molar-refractivity contribution in [3.8, 4) is 11.3 Å². The number of hydrogen-bond donors (Lipinski definition) is 2. The lowest BCUT2D eigenvalue weighted by atomic mass is 10.0. The van der Waals surface area contributed by atoms with Crippen LogP contribution in [0.5, 0.6) is 0 Å². The number of halogens is 2. The van der Waals surface area contributed by atoms with Gasteiger partial charge in [0.2, 0.25) is 0 Å². The molecule has 2 aromatic rings. The Balaban J connectivity index is 1.76. The summed E-state index contributed by atoms with van der Waals surface area (Å²) in [6.07, 6.45) is 8.03. The summed E-state index contributed by atoms with van der Waals surface area (Å²) in [5.74, 6) is -1.15. The zero-order valence-corrected chi connectivity index (χ0v) is 14.8. The third-order valence-electron chi connectivity index (χ3n) is 4.55. The van der Waals surface area contributed by atoms with Gasteiger partial charge in [-0.25, -0.2) is 24.3 Å². The van der Waals surface area contributed by atoms with Crippen molar-refractivity contribution >= 4 is 11.7 Å². The highest BCUT2D eigenvalue weighted by atomic mass is 19.2. The molecule has 4 rings (SSSR count). The Morgan fingerprint density at radius 3 is 2.81 bits per heavy atom. The zero-order valence-electron chi connectivity index (χ0n) is 14.8. The quantitative estimate of drug-likeness (QED) is 0.855. The van der Waals surface area contributed by atoms with Crippen LogP contribution in [0.4, 0.5) is 14.6 Å². The molecule has 0 saturated heterocycles. The SMILES string of the molecule is CN1NN=C(c2cc(-c3cncn3C)cnc2N)N1C1CC=CC(F)=C1F. The van der Waals surface area contributed by atoms with E-state index in [2.05, 4.69) is 20.6 Å². The average molecular weight is 372 g/mol. The van der Waals surface area contributed by atoms with Gasteiger partial charge < -0.3 is 10.3 Å². The molecular formula is C17H18F2N8. The number of pyridine rings is 1. The molecule has 0 saturated carbocycles. The van der Waals surface area contributed by atoms with E-state index in [1.54, 1.807) is 31.8 Å². The van der Waals surface area contributed by atoms with Crippen LogP contribution in [-0.2, 0) is 7.05 Å². The molecule has 0 fully saturated rings. The summed E-state index contributed by atoms with van der Waals surface area (Å²) in [7, 11) is 3.53. The summed E-state index contributed by atoms with van der Waals surface area (Å²) in [5, 5.41) is 7.26. The Morgan fingerprint density at radius 2 is 2.07 bits per heavy atom. The van der Waals surface area contributed by atoms with Gasteiger partial charge in [0.1, 0.15) is 11.9 Å². The summed E-state index contributed by atoms with van der Waals surface area (Å²) in [4.78, 5) is 8.35. The summed E-state index contributed by atoms with van der Waals surface area (Å²) in [6.45, 7) is 0. The normalized spacial score (nSPS) is 20.2. The molecule has 3 heterocycles. The summed E-state index contributed by atoms with van der Waals surface area (Å²) >= 11 is 0. The maximum absolute atomic E-state index is 14.5. The number of anilines is 1. The van der Waals surface area contributed by atoms with E-state index < -0.39 is 17.7 Å². The monoisotopic (exact) mass is 372 g/mol. The van der Waals surface area contributed by atoms with E-state index in [0.29, 0.717) is 17.8 Å². The minimum Gasteiger partial charge on any atom is -0.383 e. The first-order valence-electron chi connectivity index (χ1n) is 8.28. The Kier molecular flexibility index (Phi) is 4.11. The third-order valence-corrected chi connectivity index (χ3v) is 4.55. The molecule has 3 N–H and O–H groups in total. The molecule has 10 heteroatoms. The number of aromatic nitrogens is 3. The van der Waals surface area contributed by atoms with Gasteiger partial charge in [-0.15, -0.1) is 10.2 Å². The molecule has 0 amide bonds. The minimum atomic E-state index is -0.888. The number of rotatable bonds is 3. The highest BCUT2D eigenvalue weighted by molar-refractivity contribution is 6.03. The van der Waals surface area contributed by atoms with Gasteiger partial charge in [0, 0.05) is 25.9 Å². The number of amidine groups is 1. The van der Waals surface area contributed by atoms with Crippen LogP contribution >= 0.6 is 0 Å². The topological polar surface area (TPSA) is 87.6 Å². The standard InChI is InChI=1S/C17H18F2N8/c1-25-9-21-8-14(25)10-6-11(16(20)22-7-10)17-23-24-26(2)27(17)13-5-3-4-12(18)15(13)19/h3-4,6-9,13,24H,5H2,1-2H3,(H2,20,22). The van der Waals surface area contributed by atoms with Crippen LogP contribution in [0.1, 0.15) is 12.0 Å². The Bertz CT molecular complexity index is 977. The summed E-state index contributed by atoms with van der Waals surface area (Å²) < 4.78 is 30.1. The fourth-order valence-corrected chi connectivity index (χ4v) is 3.18. The van der Waals surface area contributed by atoms with Crippen molar-refractivity contribution in [2.75, 3.05) is 12.8 Å². The average Bonchev–Trinajstić information content (AvgIpc) is 3.24. The van der Waals surface area contributed by atoms with Crippen LogP contribution < -0.4 is 11.3 Å². The van der Waals surface area contributed by atoms with Gasteiger partial charge in [0.05, 0.1) is 23.8 Å². The summed E-state index contributed by atoms with van der Waals surface area (Å²) in [6, 6.07) is 0.941. The predicted octanol–water partition coefficient (Wildman–Crippen LogP) is 1.87. The Morgan fingerprint density at radius 1 is 1.26 bits per heavy atom. The number of nitrogens with two attached hydrogens (primary N) is 1. The molecule has 0 radical (unpaired) electrons. The van der Waals surface area contributed by atoms with Crippen molar-refractivity contribution in [3.63, 3.8) is 0 Å². The second kappa shape index (κ2) is 6.47. The molecule has 8 nitrogen and oxygen atoms in total. The lowest BCUT2D eigenvalue weighted by molar-refractivity contribution is 0.0154. The number of hydrazine groups is 2. The van der Waals surface area contributed by atoms with Crippen LogP contribution in [0, 0.1) is 0 Å². The number of hydrogen-bond acceptors (Lipinski definition) is 7. The van der Waals surface area contributed by atoms with E-state index in [1.165, 1.54) is 10.1 Å². The lowest BCUT2D eigenvalue weighted by Crippen LogP contribution is -2.50. The van der Waals surface area contributed by atoms with E-state index in [1.807, 2.05) is 17.7 Å². The minimum absolute atomic E-state index is 0.234. The largest absolute Gasteiger partial charge is 0.383 e. The Hall–Kier alpha value is -3.27. The maximum Gasteiger partial charge on any atom is 0.177 e. The van der Waals surface area contributed by atoms with Crippen LogP contribution in [0.25, 0.3) is 11.3 Å². The molecule has 0 aromatic carbocycles. The molecule has 1 atom stereocenters. The first-order valence-corrected chi connectivity index (χ1v) is 8.28. The molecule has 1 unspecified atom stereocenters. The molecule has 0 bridgehead atoms. The van der Waals surface area contributed by atoms with Crippen LogP contribution in [0.3, 0.4) is 0 Å². The van der Waals surface area contributed by atoms with Crippen molar-refractivity contribution in [1.29, 1.82) is 0 Å². The second-order valence-electron chi connectivity index (χ2n) is 6.30. The maximum atomic E-state index is 14.5. The Labute approximate surface area is 154 Å². The van der Waals surface area contributed by atoms with E-state index >= 15 is 0 Å². The van der Waals surface area contributed by atoms with Crippen LogP contribution in [0.15, 0.2) is 53.7 Å². The fourth-order valence-electron chi connectivity index (χ4n) is 3.18. The zero-order chi connectivity index (χ0) is 19.1. The van der Waals surface area contributed by atoms with Crippen molar-refractivity contribution in [2.45, 2.75) is 12.5 Å². The molecule has 0 spiro atoms. The first kappa shape index (κ1) is 17.2. The van der Waals surface area contributed by atoms with Crippen molar-refractivity contribution in [2.24, 2.45) is 12.1 Å². The summed E-state index contributed by atoms with van der Waals surface area (Å²) in [5.41, 5.74) is 11.0. The second-order valence-corrected chi connectivity index (χ2v) is 6.30. The number of imidazole rings is 1. The van der Waals surface area contributed by atoms with Gasteiger partial charge in [-0.05, 0) is 18.6 Å². The molecule has 27 heavy (non-hydrogen) atoms. The van der Waals surface area contributed by atoms with Crippen molar-refractivity contribution in [1.82, 2.24) is 30.2 Å². The predicted molar refractivity (Wildman–Crippen MR) is 96.9 cm³/mol. The molecular weight excluding hydrogens is 354 g/mol. The highest BCUT2D eigenvalue weighted by Crippen LogP contribution is 2.31. The van der Waals surface area contributed by atoms with Gasteiger partial charge in [-0.2, -0.15) is 0 Å². The van der Waals surface area contributed by atoms with Gasteiger partial charge in [0.25, 0.3) is 0 Å². The highest BCUT2D eigenvalue weighted by Gasteiger charge is 2.36. The fraction of sp³-hybridized carbons (Fsp3) is 0.235. The van der Waals surface area contributed by atoms with E-state index in [0.717, 1.165) is 17.3 Å². The number of nitrogen functional groups attached to an aromatic ring is 1. The lowest BCUT2D eigenvalue weighted by Gasteiger charge is -2.34. The van der Waals surface area contributed by atoms with Crippen molar-refractivity contribution in [3.05, 3.63) is 54.2 Å². The number of allylic oxidation sites excluding steroid dienone is 2. The molecule has 140 valence electrons. The molecule has 1 aliphatic heterocycles. The number of nitrogens with zero attached hydrogens (tertiary/aromatic N) is 6. The van der Waals surface area contributed by atoms with E-state index in [4.69, 9.17) is 5.73 Å². The molecule has 2 aliphatic rings. The molecule has 1 aliphatic carbocycles. The molecule has 2 aromatic heterocycles. The number of hydrazone groups is 1. The van der Waals surface area contributed by atoms with Gasteiger partial charge >= 0.3 is 0 Å². The number of nitrogens with one attached hydrogen (secondary N) is 1. The first-order chi connectivity index (χ1) is 13.0. The van der Waals surface area contributed by atoms with Crippen LogP contribution in [0.2, 0.25) is 0 Å². The third kappa shape index (κ3) is 2.83. The number of aryl methyl sites for hydroxylation is 1. The van der Waals surface area contributed by atoms with Crippen molar-refractivity contribution < 1.29 is 8.78 Å². The smallest absolute Gasteiger partial charge is 0.177 e. The van der Waals surface area contributed by atoms with E-state index in [9.17, 15) is 8.78 Å².